The molecule has 27 heavy (non-hydrogen) atoms. The van der Waals surface area contributed by atoms with Gasteiger partial charge < -0.3 is 14.6 Å². The number of pyridine rings is 1. The van der Waals surface area contributed by atoms with Gasteiger partial charge in [-0.2, -0.15) is 0 Å². The van der Waals surface area contributed by atoms with Crippen LogP contribution in [0.4, 0.5) is 5.69 Å². The number of fused-ring (bicyclic) bond motifs is 1. The Kier molecular flexibility index (Phi) is 4.93. The lowest BCUT2D eigenvalue weighted by Gasteiger charge is -2.28. The molecule has 3 aromatic rings. The first kappa shape index (κ1) is 17.4. The number of hydrogen-bond acceptors (Lipinski definition) is 5. The molecule has 0 saturated heterocycles. The van der Waals surface area contributed by atoms with Crippen LogP contribution in [0.25, 0.3) is 0 Å². The molecule has 0 fully saturated rings. The lowest BCUT2D eigenvalue weighted by molar-refractivity contribution is -0.116. The van der Waals surface area contributed by atoms with Gasteiger partial charge in [-0.05, 0) is 35.9 Å². The molecule has 4 rings (SSSR count). The number of carbonyl (C=O) groups excluding carboxylic acids is 2. The van der Waals surface area contributed by atoms with Crippen molar-refractivity contribution in [3.63, 3.8) is 0 Å². The van der Waals surface area contributed by atoms with Gasteiger partial charge >= 0.3 is 0 Å². The number of aromatic nitrogens is 1. The number of nitrogens with zero attached hydrogens (tertiary/aromatic N) is 2. The molecular formula is C20H17N3O3S. The van der Waals surface area contributed by atoms with E-state index in [2.05, 4.69) is 10.3 Å². The van der Waals surface area contributed by atoms with Crippen LogP contribution < -0.4 is 10.2 Å². The largest absolute Gasteiger partial charge is 0.454 e. The molecule has 2 aromatic heterocycles. The molecule has 0 bridgehead atoms. The lowest BCUT2D eigenvalue weighted by Crippen LogP contribution is -2.34. The summed E-state index contributed by atoms with van der Waals surface area (Å²) in [6.07, 6.45) is 3.38. The minimum absolute atomic E-state index is 0.0256. The van der Waals surface area contributed by atoms with E-state index in [0.29, 0.717) is 24.6 Å². The van der Waals surface area contributed by atoms with E-state index in [9.17, 15) is 9.59 Å². The first-order chi connectivity index (χ1) is 13.2. The zero-order valence-electron chi connectivity index (χ0n) is 14.4. The Balaban J connectivity index is 1.44. The summed E-state index contributed by atoms with van der Waals surface area (Å²) in [7, 11) is 0. The maximum absolute atomic E-state index is 12.3. The van der Waals surface area contributed by atoms with Crippen molar-refractivity contribution in [3.05, 3.63) is 78.0 Å². The molecular weight excluding hydrogens is 362 g/mol. The fourth-order valence-corrected chi connectivity index (χ4v) is 3.78. The number of anilines is 1. The predicted octanol–water partition coefficient (Wildman–Crippen LogP) is 3.24. The average Bonchev–Trinajstić information content (AvgIpc) is 3.18. The predicted molar refractivity (Wildman–Crippen MR) is 102 cm³/mol. The minimum Gasteiger partial charge on any atom is -0.454 e. The Morgan fingerprint density at radius 2 is 2.07 bits per heavy atom. The summed E-state index contributed by atoms with van der Waals surface area (Å²) in [4.78, 5) is 31.4. The van der Waals surface area contributed by atoms with Gasteiger partial charge in [-0.25, -0.2) is 0 Å². The van der Waals surface area contributed by atoms with Crippen LogP contribution in [0.1, 0.15) is 21.9 Å². The van der Waals surface area contributed by atoms with E-state index < -0.39 is 0 Å². The van der Waals surface area contributed by atoms with Crippen molar-refractivity contribution in [2.45, 2.75) is 18.0 Å². The number of rotatable bonds is 5. The highest BCUT2D eigenvalue weighted by Crippen LogP contribution is 2.35. The molecule has 1 aromatic carbocycles. The molecule has 7 heteroatoms. The van der Waals surface area contributed by atoms with Crippen molar-refractivity contribution in [2.24, 2.45) is 0 Å². The number of hydrogen-bond donors (Lipinski definition) is 1. The molecule has 1 aliphatic heterocycles. The van der Waals surface area contributed by atoms with Crippen LogP contribution in [0.2, 0.25) is 0 Å². The van der Waals surface area contributed by atoms with E-state index >= 15 is 0 Å². The Morgan fingerprint density at radius 1 is 1.19 bits per heavy atom. The van der Waals surface area contributed by atoms with Crippen LogP contribution >= 0.6 is 11.8 Å². The van der Waals surface area contributed by atoms with Crippen LogP contribution in [-0.4, -0.2) is 22.6 Å². The molecule has 0 unspecified atom stereocenters. The van der Waals surface area contributed by atoms with E-state index in [0.717, 1.165) is 16.1 Å². The van der Waals surface area contributed by atoms with Crippen LogP contribution in [0.5, 0.6) is 0 Å². The minimum atomic E-state index is -0.300. The molecule has 0 aliphatic carbocycles. The molecule has 2 amide bonds. The molecule has 6 nitrogen and oxygen atoms in total. The second-order valence-corrected chi connectivity index (χ2v) is 7.06. The second kappa shape index (κ2) is 7.67. The Bertz CT molecular complexity index is 971. The van der Waals surface area contributed by atoms with Crippen LogP contribution in [0.3, 0.4) is 0 Å². The number of furan rings is 1. The zero-order chi connectivity index (χ0) is 18.6. The van der Waals surface area contributed by atoms with Crippen molar-refractivity contribution in [1.82, 2.24) is 10.3 Å². The molecule has 1 N–H and O–H groups in total. The van der Waals surface area contributed by atoms with Gasteiger partial charge in [0.1, 0.15) is 5.76 Å². The van der Waals surface area contributed by atoms with Gasteiger partial charge in [-0.3, -0.25) is 14.6 Å². The summed E-state index contributed by atoms with van der Waals surface area (Å²) < 4.78 is 5.67. The van der Waals surface area contributed by atoms with Gasteiger partial charge in [0.2, 0.25) is 5.91 Å². The third-order valence-corrected chi connectivity index (χ3v) is 5.23. The van der Waals surface area contributed by atoms with Gasteiger partial charge in [-0.1, -0.05) is 18.2 Å². The maximum atomic E-state index is 12.3. The number of nitrogens with one attached hydrogen (secondary N) is 1. The smallest absolute Gasteiger partial charge is 0.287 e. The highest BCUT2D eigenvalue weighted by molar-refractivity contribution is 8.00. The maximum Gasteiger partial charge on any atom is 0.287 e. The summed E-state index contributed by atoms with van der Waals surface area (Å²) in [5, 5.41) is 2.80. The van der Waals surface area contributed by atoms with Gasteiger partial charge in [0.25, 0.3) is 5.91 Å². The molecule has 136 valence electrons. The number of para-hydroxylation sites is 1. The van der Waals surface area contributed by atoms with Gasteiger partial charge in [0.15, 0.2) is 5.76 Å². The first-order valence-electron chi connectivity index (χ1n) is 8.49. The molecule has 0 saturated carbocycles. The third kappa shape index (κ3) is 3.88. The van der Waals surface area contributed by atoms with E-state index in [1.54, 1.807) is 29.4 Å². The summed E-state index contributed by atoms with van der Waals surface area (Å²) in [5.41, 5.74) is 1.78. The topological polar surface area (TPSA) is 75.4 Å². The lowest BCUT2D eigenvalue weighted by atomic mass is 10.2. The quantitative estimate of drug-likeness (QED) is 0.737. The summed E-state index contributed by atoms with van der Waals surface area (Å²) in [6.45, 7) is 0.671. The number of benzene rings is 1. The number of amides is 2. The Labute approximate surface area is 160 Å². The Morgan fingerprint density at radius 3 is 2.93 bits per heavy atom. The highest BCUT2D eigenvalue weighted by Gasteiger charge is 2.25. The standard InChI is InChI=1S/C20H17N3O3S/c24-19-13-27-18-6-2-1-5-16(18)23(19)12-15-7-8-17(26-15)20(25)22-11-14-4-3-9-21-10-14/h1-10H,11-13H2,(H,22,25). The van der Waals surface area contributed by atoms with Gasteiger partial charge in [0.05, 0.1) is 18.0 Å². The fraction of sp³-hybridized carbons (Fsp3) is 0.150. The zero-order valence-corrected chi connectivity index (χ0v) is 15.2. The fourth-order valence-electron chi connectivity index (χ4n) is 2.84. The summed E-state index contributed by atoms with van der Waals surface area (Å²) in [5.74, 6) is 0.914. The van der Waals surface area contributed by atoms with Crippen molar-refractivity contribution in [1.29, 1.82) is 0 Å². The van der Waals surface area contributed by atoms with Gasteiger partial charge in [-0.15, -0.1) is 11.8 Å². The molecule has 1 aliphatic rings. The monoisotopic (exact) mass is 379 g/mol. The van der Waals surface area contributed by atoms with Crippen molar-refractivity contribution in [2.75, 3.05) is 10.7 Å². The number of carbonyl (C=O) groups is 2. The van der Waals surface area contributed by atoms with Crippen molar-refractivity contribution < 1.29 is 14.0 Å². The number of thioether (sulfide) groups is 1. The molecule has 0 spiro atoms. The average molecular weight is 379 g/mol. The van der Waals surface area contributed by atoms with Crippen LogP contribution in [0.15, 0.2) is 70.2 Å². The molecule has 0 radical (unpaired) electrons. The van der Waals surface area contributed by atoms with Crippen molar-refractivity contribution >= 4 is 29.3 Å². The molecule has 3 heterocycles. The second-order valence-electron chi connectivity index (χ2n) is 6.05. The SMILES string of the molecule is O=C(NCc1cccnc1)c1ccc(CN2C(=O)CSc3ccccc32)o1. The third-order valence-electron chi connectivity index (χ3n) is 4.18. The first-order valence-corrected chi connectivity index (χ1v) is 9.47. The van der Waals surface area contributed by atoms with Gasteiger partial charge in [0, 0.05) is 23.8 Å². The highest BCUT2D eigenvalue weighted by atomic mass is 32.2. The van der Waals surface area contributed by atoms with E-state index in [1.165, 1.54) is 11.8 Å². The summed E-state index contributed by atoms with van der Waals surface area (Å²) >= 11 is 1.53. The van der Waals surface area contributed by atoms with E-state index in [-0.39, 0.29) is 17.6 Å². The van der Waals surface area contributed by atoms with Crippen LogP contribution in [-0.2, 0) is 17.9 Å². The van der Waals surface area contributed by atoms with Crippen molar-refractivity contribution in [3.8, 4) is 0 Å². The Hall–Kier alpha value is -3.06. The summed E-state index contributed by atoms with van der Waals surface area (Å²) in [6, 6.07) is 14.8. The van der Waals surface area contributed by atoms with E-state index in [4.69, 9.17) is 4.42 Å². The molecule has 0 atom stereocenters. The normalized spacial score (nSPS) is 13.3. The van der Waals surface area contributed by atoms with Crippen LogP contribution in [0, 0.1) is 0 Å². The van der Waals surface area contributed by atoms with E-state index in [1.807, 2.05) is 36.4 Å².